The van der Waals surface area contributed by atoms with Gasteiger partial charge >= 0.3 is 0 Å². The van der Waals surface area contributed by atoms with Gasteiger partial charge < -0.3 is 9.88 Å². The standard InChI is InChI=1S/C13H14ClN3O/c1-17-8-10(16-9-17)6-7-15-13(18)11-4-2-3-5-12(11)14/h2-5,8-9H,6-7H2,1H3,(H,15,18). The Balaban J connectivity index is 1.87. The van der Waals surface area contributed by atoms with E-state index in [1.54, 1.807) is 30.6 Å². The number of hydrogen-bond acceptors (Lipinski definition) is 2. The lowest BCUT2D eigenvalue weighted by molar-refractivity contribution is 0.0954. The van der Waals surface area contributed by atoms with E-state index in [2.05, 4.69) is 10.3 Å². The number of aromatic nitrogens is 2. The van der Waals surface area contributed by atoms with E-state index in [1.807, 2.05) is 17.8 Å². The van der Waals surface area contributed by atoms with Crippen LogP contribution < -0.4 is 5.32 Å². The molecular formula is C13H14ClN3O. The molecule has 0 spiro atoms. The van der Waals surface area contributed by atoms with Gasteiger partial charge in [0.2, 0.25) is 0 Å². The molecule has 5 heteroatoms. The molecule has 0 aliphatic heterocycles. The zero-order valence-electron chi connectivity index (χ0n) is 10.1. The molecule has 1 N–H and O–H groups in total. The van der Waals surface area contributed by atoms with Gasteiger partial charge in [-0.2, -0.15) is 0 Å². The molecule has 0 aliphatic rings. The van der Waals surface area contributed by atoms with Gasteiger partial charge in [-0.3, -0.25) is 4.79 Å². The van der Waals surface area contributed by atoms with E-state index >= 15 is 0 Å². The first-order valence-corrected chi connectivity index (χ1v) is 6.04. The molecule has 2 aromatic rings. The minimum absolute atomic E-state index is 0.156. The molecule has 0 unspecified atom stereocenters. The maximum absolute atomic E-state index is 11.8. The van der Waals surface area contributed by atoms with Gasteiger partial charge in [-0.25, -0.2) is 4.98 Å². The predicted octanol–water partition coefficient (Wildman–Crippen LogP) is 2.05. The monoisotopic (exact) mass is 263 g/mol. The Morgan fingerprint density at radius 2 is 2.22 bits per heavy atom. The Hall–Kier alpha value is -1.81. The molecule has 1 aromatic carbocycles. The minimum Gasteiger partial charge on any atom is -0.352 e. The second-order valence-electron chi connectivity index (χ2n) is 4.02. The Kier molecular flexibility index (Phi) is 3.99. The van der Waals surface area contributed by atoms with Crippen LogP contribution in [-0.2, 0) is 13.5 Å². The molecule has 4 nitrogen and oxygen atoms in total. The molecule has 0 fully saturated rings. The van der Waals surface area contributed by atoms with Crippen molar-refractivity contribution < 1.29 is 4.79 Å². The summed E-state index contributed by atoms with van der Waals surface area (Å²) in [5.74, 6) is -0.156. The SMILES string of the molecule is Cn1cnc(CCNC(=O)c2ccccc2Cl)c1. The summed E-state index contributed by atoms with van der Waals surface area (Å²) in [6.45, 7) is 0.543. The highest BCUT2D eigenvalue weighted by molar-refractivity contribution is 6.33. The second-order valence-corrected chi connectivity index (χ2v) is 4.42. The average molecular weight is 264 g/mol. The van der Waals surface area contributed by atoms with Gasteiger partial charge in [0, 0.05) is 26.2 Å². The van der Waals surface area contributed by atoms with Crippen LogP contribution >= 0.6 is 11.6 Å². The Bertz CT molecular complexity index is 551. The van der Waals surface area contributed by atoms with Crippen molar-refractivity contribution in [1.82, 2.24) is 14.9 Å². The third kappa shape index (κ3) is 3.11. The molecule has 0 saturated carbocycles. The molecule has 0 saturated heterocycles. The third-order valence-electron chi connectivity index (χ3n) is 2.54. The summed E-state index contributed by atoms with van der Waals surface area (Å²) in [5.41, 5.74) is 1.46. The highest BCUT2D eigenvalue weighted by atomic mass is 35.5. The molecule has 0 aliphatic carbocycles. The number of halogens is 1. The number of carbonyl (C=O) groups is 1. The Labute approximate surface area is 111 Å². The molecule has 0 atom stereocenters. The average Bonchev–Trinajstić information content (AvgIpc) is 2.75. The van der Waals surface area contributed by atoms with Crippen LogP contribution in [-0.4, -0.2) is 22.0 Å². The number of imidazole rings is 1. The van der Waals surface area contributed by atoms with Crippen molar-refractivity contribution in [3.8, 4) is 0 Å². The smallest absolute Gasteiger partial charge is 0.252 e. The first-order chi connectivity index (χ1) is 8.66. The lowest BCUT2D eigenvalue weighted by atomic mass is 10.2. The van der Waals surface area contributed by atoms with Crippen molar-refractivity contribution in [3.05, 3.63) is 53.1 Å². The molecular weight excluding hydrogens is 250 g/mol. The normalized spacial score (nSPS) is 10.3. The van der Waals surface area contributed by atoms with Crippen LogP contribution in [0.5, 0.6) is 0 Å². The zero-order chi connectivity index (χ0) is 13.0. The number of hydrogen-bond donors (Lipinski definition) is 1. The minimum atomic E-state index is -0.156. The van der Waals surface area contributed by atoms with Crippen LogP contribution in [0.15, 0.2) is 36.8 Å². The van der Waals surface area contributed by atoms with Crippen LogP contribution in [0.1, 0.15) is 16.1 Å². The number of aryl methyl sites for hydroxylation is 1. The Morgan fingerprint density at radius 3 is 2.89 bits per heavy atom. The first-order valence-electron chi connectivity index (χ1n) is 5.66. The highest BCUT2D eigenvalue weighted by Gasteiger charge is 2.08. The number of benzene rings is 1. The summed E-state index contributed by atoms with van der Waals surface area (Å²) in [4.78, 5) is 16.0. The van der Waals surface area contributed by atoms with Crippen molar-refractivity contribution in [1.29, 1.82) is 0 Å². The molecule has 1 amide bonds. The quantitative estimate of drug-likeness (QED) is 0.918. The van der Waals surface area contributed by atoms with Crippen LogP contribution in [0, 0.1) is 0 Å². The van der Waals surface area contributed by atoms with Gasteiger partial charge in [0.25, 0.3) is 5.91 Å². The van der Waals surface area contributed by atoms with Gasteiger partial charge in [-0.15, -0.1) is 0 Å². The lowest BCUT2D eigenvalue weighted by Gasteiger charge is -2.05. The van der Waals surface area contributed by atoms with E-state index in [1.165, 1.54) is 0 Å². The number of nitrogens with one attached hydrogen (secondary N) is 1. The number of rotatable bonds is 4. The van der Waals surface area contributed by atoms with Crippen molar-refractivity contribution in [2.75, 3.05) is 6.54 Å². The molecule has 18 heavy (non-hydrogen) atoms. The summed E-state index contributed by atoms with van der Waals surface area (Å²) in [6, 6.07) is 7.00. The Morgan fingerprint density at radius 1 is 1.44 bits per heavy atom. The molecule has 2 rings (SSSR count). The van der Waals surface area contributed by atoms with Gasteiger partial charge in [0.1, 0.15) is 0 Å². The van der Waals surface area contributed by atoms with E-state index in [-0.39, 0.29) is 5.91 Å². The summed E-state index contributed by atoms with van der Waals surface area (Å²) in [5, 5.41) is 3.29. The third-order valence-corrected chi connectivity index (χ3v) is 2.87. The summed E-state index contributed by atoms with van der Waals surface area (Å²) in [6.07, 6.45) is 4.38. The molecule has 0 radical (unpaired) electrons. The lowest BCUT2D eigenvalue weighted by Crippen LogP contribution is -2.26. The fraction of sp³-hybridized carbons (Fsp3) is 0.231. The maximum Gasteiger partial charge on any atom is 0.252 e. The maximum atomic E-state index is 11.8. The second kappa shape index (κ2) is 5.69. The first kappa shape index (κ1) is 12.6. The largest absolute Gasteiger partial charge is 0.352 e. The summed E-state index contributed by atoms with van der Waals surface area (Å²) in [7, 11) is 1.92. The molecule has 94 valence electrons. The zero-order valence-corrected chi connectivity index (χ0v) is 10.8. The van der Waals surface area contributed by atoms with Gasteiger partial charge in [0.05, 0.1) is 22.6 Å². The van der Waals surface area contributed by atoms with Crippen LogP contribution in [0.2, 0.25) is 5.02 Å². The predicted molar refractivity (Wildman–Crippen MR) is 70.7 cm³/mol. The van der Waals surface area contributed by atoms with Crippen molar-refractivity contribution >= 4 is 17.5 Å². The van der Waals surface area contributed by atoms with E-state index in [4.69, 9.17) is 11.6 Å². The summed E-state index contributed by atoms with van der Waals surface area (Å²) >= 11 is 5.94. The van der Waals surface area contributed by atoms with Crippen molar-refractivity contribution in [2.24, 2.45) is 7.05 Å². The van der Waals surface area contributed by atoms with E-state index in [0.717, 1.165) is 5.69 Å². The van der Waals surface area contributed by atoms with Crippen molar-refractivity contribution in [3.63, 3.8) is 0 Å². The molecule has 1 aromatic heterocycles. The van der Waals surface area contributed by atoms with Crippen LogP contribution in [0.3, 0.4) is 0 Å². The number of amides is 1. The topological polar surface area (TPSA) is 46.9 Å². The van der Waals surface area contributed by atoms with Crippen LogP contribution in [0.25, 0.3) is 0 Å². The highest BCUT2D eigenvalue weighted by Crippen LogP contribution is 2.14. The van der Waals surface area contributed by atoms with E-state index < -0.39 is 0 Å². The fourth-order valence-corrected chi connectivity index (χ4v) is 1.86. The van der Waals surface area contributed by atoms with E-state index in [9.17, 15) is 4.79 Å². The number of nitrogens with zero attached hydrogens (tertiary/aromatic N) is 2. The number of carbonyl (C=O) groups excluding carboxylic acids is 1. The van der Waals surface area contributed by atoms with Crippen molar-refractivity contribution in [2.45, 2.75) is 6.42 Å². The van der Waals surface area contributed by atoms with Gasteiger partial charge in [0.15, 0.2) is 0 Å². The summed E-state index contributed by atoms with van der Waals surface area (Å²) < 4.78 is 1.88. The molecule has 0 bridgehead atoms. The van der Waals surface area contributed by atoms with Crippen LogP contribution in [0.4, 0.5) is 0 Å². The van der Waals surface area contributed by atoms with Gasteiger partial charge in [-0.05, 0) is 12.1 Å². The molecule has 1 heterocycles. The fourth-order valence-electron chi connectivity index (χ4n) is 1.64. The van der Waals surface area contributed by atoms with Gasteiger partial charge in [-0.1, -0.05) is 23.7 Å². The van der Waals surface area contributed by atoms with E-state index in [0.29, 0.717) is 23.6 Å².